The molecule has 0 radical (unpaired) electrons. The van der Waals surface area contributed by atoms with Crippen LogP contribution in [0.2, 0.25) is 0 Å². The Labute approximate surface area is 145 Å². The Bertz CT molecular complexity index is 930. The first kappa shape index (κ1) is 16.2. The van der Waals surface area contributed by atoms with Crippen molar-refractivity contribution in [3.63, 3.8) is 0 Å². The molecular formula is C17H12BrNO5. The molecule has 0 N–H and O–H groups in total. The third-order valence-corrected chi connectivity index (χ3v) is 4.09. The molecule has 0 saturated heterocycles. The van der Waals surface area contributed by atoms with E-state index in [2.05, 4.69) is 15.9 Å². The van der Waals surface area contributed by atoms with Gasteiger partial charge in [-0.2, -0.15) is 0 Å². The molecule has 2 aromatic carbocycles. The number of nitro groups is 1. The van der Waals surface area contributed by atoms with Crippen molar-refractivity contribution in [1.29, 1.82) is 0 Å². The van der Waals surface area contributed by atoms with Crippen LogP contribution in [0, 0.1) is 17.0 Å². The van der Waals surface area contributed by atoms with E-state index in [0.717, 1.165) is 9.86 Å². The first-order valence-corrected chi connectivity index (χ1v) is 7.84. The molecule has 6 nitrogen and oxygen atoms in total. The molecule has 0 fully saturated rings. The Morgan fingerprint density at radius 2 is 1.96 bits per heavy atom. The number of halogens is 1. The predicted molar refractivity (Wildman–Crippen MR) is 90.9 cm³/mol. The Morgan fingerprint density at radius 1 is 1.25 bits per heavy atom. The van der Waals surface area contributed by atoms with Gasteiger partial charge in [-0.1, -0.05) is 15.9 Å². The standard InChI is InChI=1S/C17H12BrNO5/c1-10-14-8-12(18)4-7-15(14)24-16(10)17(20)23-9-11-2-5-13(6-3-11)19(21)22/h2-8H,9H2,1H3. The van der Waals surface area contributed by atoms with Gasteiger partial charge in [0.2, 0.25) is 5.76 Å². The number of nitrogens with zero attached hydrogens (tertiary/aromatic N) is 1. The summed E-state index contributed by atoms with van der Waals surface area (Å²) in [7, 11) is 0. The van der Waals surface area contributed by atoms with Crippen LogP contribution in [-0.2, 0) is 11.3 Å². The maximum atomic E-state index is 12.2. The highest BCUT2D eigenvalue weighted by molar-refractivity contribution is 9.10. The topological polar surface area (TPSA) is 82.6 Å². The molecule has 1 aromatic heterocycles. The number of benzene rings is 2. The monoisotopic (exact) mass is 389 g/mol. The summed E-state index contributed by atoms with van der Waals surface area (Å²) in [6.45, 7) is 1.80. The zero-order valence-corrected chi connectivity index (χ0v) is 14.2. The van der Waals surface area contributed by atoms with Crippen LogP contribution in [0.3, 0.4) is 0 Å². The van der Waals surface area contributed by atoms with Crippen molar-refractivity contribution < 1.29 is 18.9 Å². The van der Waals surface area contributed by atoms with Crippen LogP contribution in [0.4, 0.5) is 5.69 Å². The molecule has 0 spiro atoms. The highest BCUT2D eigenvalue weighted by Crippen LogP contribution is 2.28. The van der Waals surface area contributed by atoms with Crippen LogP contribution in [0.15, 0.2) is 51.4 Å². The average molecular weight is 390 g/mol. The molecule has 0 amide bonds. The summed E-state index contributed by atoms with van der Waals surface area (Å²) < 4.78 is 11.7. The van der Waals surface area contributed by atoms with Crippen molar-refractivity contribution in [3.8, 4) is 0 Å². The molecule has 0 bridgehead atoms. The fourth-order valence-electron chi connectivity index (χ4n) is 2.32. The Kier molecular flexibility index (Phi) is 4.35. The lowest BCUT2D eigenvalue weighted by Gasteiger charge is -2.03. The summed E-state index contributed by atoms with van der Waals surface area (Å²) in [5, 5.41) is 11.5. The maximum absolute atomic E-state index is 12.2. The molecule has 1 heterocycles. The Morgan fingerprint density at radius 3 is 2.62 bits per heavy atom. The number of nitro benzene ring substituents is 1. The van der Waals surface area contributed by atoms with Crippen LogP contribution < -0.4 is 0 Å². The number of rotatable bonds is 4. The molecule has 0 atom stereocenters. The van der Waals surface area contributed by atoms with Gasteiger partial charge >= 0.3 is 5.97 Å². The van der Waals surface area contributed by atoms with E-state index in [9.17, 15) is 14.9 Å². The molecule has 3 aromatic rings. The minimum atomic E-state index is -0.571. The van der Waals surface area contributed by atoms with Crippen molar-refractivity contribution in [2.45, 2.75) is 13.5 Å². The SMILES string of the molecule is Cc1c(C(=O)OCc2ccc([N+](=O)[O-])cc2)oc2ccc(Br)cc12. The number of hydrogen-bond acceptors (Lipinski definition) is 5. The minimum Gasteiger partial charge on any atom is -0.455 e. The molecule has 7 heteroatoms. The number of non-ortho nitro benzene ring substituents is 1. The molecule has 3 rings (SSSR count). The number of ether oxygens (including phenoxy) is 1. The number of carbonyl (C=O) groups excluding carboxylic acids is 1. The van der Waals surface area contributed by atoms with Crippen molar-refractivity contribution in [2.75, 3.05) is 0 Å². The summed E-state index contributed by atoms with van der Waals surface area (Å²) in [5.41, 5.74) is 1.97. The summed E-state index contributed by atoms with van der Waals surface area (Å²) in [6, 6.07) is 11.3. The first-order chi connectivity index (χ1) is 11.5. The number of esters is 1. The molecule has 0 aliphatic carbocycles. The largest absolute Gasteiger partial charge is 0.455 e. The van der Waals surface area contributed by atoms with E-state index in [1.54, 1.807) is 25.1 Å². The summed E-state index contributed by atoms with van der Waals surface area (Å²) in [6.07, 6.45) is 0. The lowest BCUT2D eigenvalue weighted by Crippen LogP contribution is -2.05. The third-order valence-electron chi connectivity index (χ3n) is 3.60. The van der Waals surface area contributed by atoms with Crippen molar-refractivity contribution in [3.05, 3.63) is 73.9 Å². The quantitative estimate of drug-likeness (QED) is 0.364. The van der Waals surface area contributed by atoms with E-state index in [-0.39, 0.29) is 18.1 Å². The maximum Gasteiger partial charge on any atom is 0.374 e. The van der Waals surface area contributed by atoms with Gasteiger partial charge in [-0.05, 0) is 42.8 Å². The van der Waals surface area contributed by atoms with E-state index in [0.29, 0.717) is 16.7 Å². The second-order valence-corrected chi connectivity index (χ2v) is 6.11. The molecular weight excluding hydrogens is 378 g/mol. The second kappa shape index (κ2) is 6.45. The lowest BCUT2D eigenvalue weighted by molar-refractivity contribution is -0.384. The van der Waals surface area contributed by atoms with Crippen LogP contribution in [0.25, 0.3) is 11.0 Å². The fraction of sp³-hybridized carbons (Fsp3) is 0.118. The summed E-state index contributed by atoms with van der Waals surface area (Å²) in [5.74, 6) is -0.414. The summed E-state index contributed by atoms with van der Waals surface area (Å²) in [4.78, 5) is 22.4. The highest BCUT2D eigenvalue weighted by Gasteiger charge is 2.19. The van der Waals surface area contributed by atoms with Crippen molar-refractivity contribution in [1.82, 2.24) is 0 Å². The van der Waals surface area contributed by atoms with Gasteiger partial charge in [0.15, 0.2) is 0 Å². The van der Waals surface area contributed by atoms with E-state index < -0.39 is 10.9 Å². The molecule has 122 valence electrons. The predicted octanol–water partition coefficient (Wildman–Crippen LogP) is 4.77. The molecule has 0 saturated carbocycles. The molecule has 0 aliphatic rings. The first-order valence-electron chi connectivity index (χ1n) is 7.05. The molecule has 0 aliphatic heterocycles. The van der Waals surface area contributed by atoms with Gasteiger partial charge in [-0.3, -0.25) is 10.1 Å². The van der Waals surface area contributed by atoms with Gasteiger partial charge < -0.3 is 9.15 Å². The number of fused-ring (bicyclic) bond motifs is 1. The summed E-state index contributed by atoms with van der Waals surface area (Å²) >= 11 is 3.38. The second-order valence-electron chi connectivity index (χ2n) is 5.20. The van der Waals surface area contributed by atoms with Crippen molar-refractivity contribution in [2.24, 2.45) is 0 Å². The van der Waals surface area contributed by atoms with E-state index in [4.69, 9.17) is 9.15 Å². The zero-order valence-electron chi connectivity index (χ0n) is 12.6. The number of aryl methyl sites for hydroxylation is 1. The Hall–Kier alpha value is -2.67. The van der Waals surface area contributed by atoms with Crippen LogP contribution in [0.1, 0.15) is 21.7 Å². The van der Waals surface area contributed by atoms with Gasteiger partial charge in [-0.15, -0.1) is 0 Å². The zero-order chi connectivity index (χ0) is 17.3. The molecule has 0 unspecified atom stereocenters. The van der Waals surface area contributed by atoms with Gasteiger partial charge in [0, 0.05) is 27.6 Å². The van der Waals surface area contributed by atoms with Crippen LogP contribution in [-0.4, -0.2) is 10.9 Å². The number of furan rings is 1. The van der Waals surface area contributed by atoms with Gasteiger partial charge in [0.05, 0.1) is 4.92 Å². The number of hydrogen-bond donors (Lipinski definition) is 0. The van der Waals surface area contributed by atoms with Gasteiger partial charge in [0.25, 0.3) is 5.69 Å². The van der Waals surface area contributed by atoms with E-state index in [1.807, 2.05) is 12.1 Å². The van der Waals surface area contributed by atoms with Gasteiger partial charge in [-0.25, -0.2) is 4.79 Å². The molecule has 24 heavy (non-hydrogen) atoms. The van der Waals surface area contributed by atoms with E-state index in [1.165, 1.54) is 12.1 Å². The lowest BCUT2D eigenvalue weighted by atomic mass is 10.1. The van der Waals surface area contributed by atoms with E-state index >= 15 is 0 Å². The number of carbonyl (C=O) groups is 1. The fourth-order valence-corrected chi connectivity index (χ4v) is 2.68. The Balaban J connectivity index is 1.75. The normalized spacial score (nSPS) is 10.8. The van der Waals surface area contributed by atoms with Gasteiger partial charge in [0.1, 0.15) is 12.2 Å². The van der Waals surface area contributed by atoms with Crippen molar-refractivity contribution >= 4 is 38.6 Å². The average Bonchev–Trinajstić information content (AvgIpc) is 2.89. The minimum absolute atomic E-state index is 0.0104. The third kappa shape index (κ3) is 3.16. The smallest absolute Gasteiger partial charge is 0.374 e. The van der Waals surface area contributed by atoms with Crippen LogP contribution in [0.5, 0.6) is 0 Å². The van der Waals surface area contributed by atoms with Crippen LogP contribution >= 0.6 is 15.9 Å². The highest BCUT2D eigenvalue weighted by atomic mass is 79.9.